The van der Waals surface area contributed by atoms with E-state index in [1.54, 1.807) is 12.1 Å². The van der Waals surface area contributed by atoms with Crippen LogP contribution in [0, 0.1) is 0 Å². The van der Waals surface area contributed by atoms with Gasteiger partial charge in [0.1, 0.15) is 10.7 Å². The van der Waals surface area contributed by atoms with Gasteiger partial charge in [0.25, 0.3) is 0 Å². The number of halogens is 3. The van der Waals surface area contributed by atoms with E-state index >= 15 is 0 Å². The highest BCUT2D eigenvalue weighted by molar-refractivity contribution is 7.80. The van der Waals surface area contributed by atoms with Gasteiger partial charge < -0.3 is 5.73 Å². The van der Waals surface area contributed by atoms with E-state index in [0.717, 1.165) is 12.3 Å². The van der Waals surface area contributed by atoms with Gasteiger partial charge >= 0.3 is 6.18 Å². The molecule has 2 rings (SSSR count). The van der Waals surface area contributed by atoms with Crippen molar-refractivity contribution in [3.8, 4) is 5.95 Å². The lowest BCUT2D eigenvalue weighted by molar-refractivity contribution is -0.141. The molecule has 0 atom stereocenters. The fourth-order valence-electron chi connectivity index (χ4n) is 1.38. The first-order valence-corrected chi connectivity index (χ1v) is 5.18. The summed E-state index contributed by atoms with van der Waals surface area (Å²) in [5, 5.41) is 0. The van der Waals surface area contributed by atoms with Crippen molar-refractivity contribution in [1.29, 1.82) is 0 Å². The molecule has 94 valence electrons. The maximum Gasteiger partial charge on any atom is 0.433 e. The fraction of sp³-hybridized carbons (Fsp3) is 0.100. The zero-order chi connectivity index (χ0) is 13.3. The first kappa shape index (κ1) is 12.5. The van der Waals surface area contributed by atoms with Crippen LogP contribution < -0.4 is 5.73 Å². The molecular weight excluding hydrogens is 265 g/mol. The summed E-state index contributed by atoms with van der Waals surface area (Å²) in [6, 6.07) is 3.97. The first-order valence-electron chi connectivity index (χ1n) is 4.77. The molecule has 0 bridgehead atoms. The maximum atomic E-state index is 12.5. The van der Waals surface area contributed by atoms with Gasteiger partial charge in [-0.3, -0.25) is 4.57 Å². The van der Waals surface area contributed by atoms with Crippen molar-refractivity contribution < 1.29 is 13.2 Å². The molecule has 2 N–H and O–H groups in total. The van der Waals surface area contributed by atoms with Crippen molar-refractivity contribution in [2.45, 2.75) is 6.18 Å². The average molecular weight is 272 g/mol. The van der Waals surface area contributed by atoms with Crippen LogP contribution in [0.25, 0.3) is 5.95 Å². The smallest absolute Gasteiger partial charge is 0.388 e. The zero-order valence-corrected chi connectivity index (χ0v) is 9.66. The van der Waals surface area contributed by atoms with Gasteiger partial charge in [-0.1, -0.05) is 12.2 Å². The van der Waals surface area contributed by atoms with Crippen molar-refractivity contribution >= 4 is 17.2 Å². The zero-order valence-electron chi connectivity index (χ0n) is 8.85. The van der Waals surface area contributed by atoms with Crippen LogP contribution in [0.15, 0.2) is 30.6 Å². The molecule has 0 spiro atoms. The topological polar surface area (TPSA) is 56.7 Å². The minimum Gasteiger partial charge on any atom is -0.388 e. The normalized spacial score (nSPS) is 11.5. The van der Waals surface area contributed by atoms with E-state index in [-0.39, 0.29) is 10.9 Å². The number of nitrogens with zero attached hydrogens (tertiary/aromatic N) is 3. The van der Waals surface area contributed by atoms with E-state index in [0.29, 0.717) is 5.69 Å². The molecule has 0 saturated carbocycles. The second-order valence-corrected chi connectivity index (χ2v) is 3.81. The van der Waals surface area contributed by atoms with Gasteiger partial charge in [-0.2, -0.15) is 13.2 Å². The van der Waals surface area contributed by atoms with E-state index in [4.69, 9.17) is 18.0 Å². The van der Waals surface area contributed by atoms with Gasteiger partial charge in [0.2, 0.25) is 5.95 Å². The molecule has 0 radical (unpaired) electrons. The van der Waals surface area contributed by atoms with Crippen LogP contribution in [0.4, 0.5) is 13.2 Å². The second-order valence-electron chi connectivity index (χ2n) is 3.37. The Morgan fingerprint density at radius 3 is 2.67 bits per heavy atom. The lowest BCUT2D eigenvalue weighted by atomic mass is 10.4. The Kier molecular flexibility index (Phi) is 3.04. The quantitative estimate of drug-likeness (QED) is 0.849. The number of hydrogen-bond donors (Lipinski definition) is 1. The predicted molar refractivity (Wildman–Crippen MR) is 62.2 cm³/mol. The Hall–Kier alpha value is -1.96. The third-order valence-electron chi connectivity index (χ3n) is 2.15. The van der Waals surface area contributed by atoms with Crippen molar-refractivity contribution in [2.75, 3.05) is 0 Å². The first-order chi connectivity index (χ1) is 8.39. The van der Waals surface area contributed by atoms with E-state index in [1.807, 2.05) is 0 Å². The third kappa shape index (κ3) is 2.33. The van der Waals surface area contributed by atoms with Crippen LogP contribution >= 0.6 is 12.2 Å². The molecule has 2 aromatic rings. The van der Waals surface area contributed by atoms with Gasteiger partial charge in [0.05, 0.1) is 5.69 Å². The monoisotopic (exact) mass is 272 g/mol. The van der Waals surface area contributed by atoms with Crippen molar-refractivity contribution in [1.82, 2.24) is 14.5 Å². The largest absolute Gasteiger partial charge is 0.433 e. The average Bonchev–Trinajstić information content (AvgIpc) is 2.77. The van der Waals surface area contributed by atoms with Gasteiger partial charge in [-0.15, -0.1) is 0 Å². The van der Waals surface area contributed by atoms with Gasteiger partial charge in [0.15, 0.2) is 0 Å². The summed E-state index contributed by atoms with van der Waals surface area (Å²) in [5.41, 5.74) is 4.81. The van der Waals surface area contributed by atoms with Crippen LogP contribution in [0.1, 0.15) is 11.4 Å². The summed E-state index contributed by atoms with van der Waals surface area (Å²) in [6.07, 6.45) is -1.99. The number of rotatable bonds is 2. The molecule has 0 amide bonds. The van der Waals surface area contributed by atoms with Gasteiger partial charge in [-0.25, -0.2) is 9.97 Å². The molecule has 8 heteroatoms. The highest BCUT2D eigenvalue weighted by Crippen LogP contribution is 2.27. The molecule has 2 aromatic heterocycles. The molecule has 0 aliphatic rings. The summed E-state index contributed by atoms with van der Waals surface area (Å²) in [4.78, 5) is 7.27. The predicted octanol–water partition coefficient (Wildman–Crippen LogP) is 1.92. The van der Waals surface area contributed by atoms with Crippen LogP contribution in [0.2, 0.25) is 0 Å². The Bertz CT molecular complexity index is 591. The highest BCUT2D eigenvalue weighted by atomic mass is 32.1. The molecule has 4 nitrogen and oxygen atoms in total. The Morgan fingerprint density at radius 2 is 2.06 bits per heavy atom. The fourth-order valence-corrected chi connectivity index (χ4v) is 1.54. The number of nitrogens with two attached hydrogens (primary N) is 1. The van der Waals surface area contributed by atoms with Crippen LogP contribution in [0.5, 0.6) is 0 Å². The lowest BCUT2D eigenvalue weighted by Crippen LogP contribution is -2.17. The minimum absolute atomic E-state index is 0.0565. The Balaban J connectivity index is 2.52. The molecule has 0 aliphatic heterocycles. The SMILES string of the molecule is NC(=S)c1cccn1-c1nccc(C(F)(F)F)n1. The molecule has 0 fully saturated rings. The maximum absolute atomic E-state index is 12.5. The summed E-state index contributed by atoms with van der Waals surface area (Å²) in [5.74, 6) is -0.127. The summed E-state index contributed by atoms with van der Waals surface area (Å²) in [7, 11) is 0. The van der Waals surface area contributed by atoms with E-state index in [2.05, 4.69) is 9.97 Å². The van der Waals surface area contributed by atoms with E-state index in [1.165, 1.54) is 10.8 Å². The van der Waals surface area contributed by atoms with Crippen molar-refractivity contribution in [3.63, 3.8) is 0 Å². The van der Waals surface area contributed by atoms with E-state index < -0.39 is 11.9 Å². The minimum atomic E-state index is -4.52. The number of hydrogen-bond acceptors (Lipinski definition) is 3. The molecule has 0 aliphatic carbocycles. The van der Waals surface area contributed by atoms with Crippen LogP contribution in [-0.2, 0) is 6.18 Å². The Morgan fingerprint density at radius 1 is 1.33 bits per heavy atom. The molecule has 0 unspecified atom stereocenters. The number of alkyl halides is 3. The van der Waals surface area contributed by atoms with E-state index in [9.17, 15) is 13.2 Å². The van der Waals surface area contributed by atoms with Crippen molar-refractivity contribution in [2.24, 2.45) is 5.73 Å². The Labute approximate surface area is 105 Å². The summed E-state index contributed by atoms with van der Waals surface area (Å²) in [6.45, 7) is 0. The lowest BCUT2D eigenvalue weighted by Gasteiger charge is -2.09. The summed E-state index contributed by atoms with van der Waals surface area (Å²) >= 11 is 4.79. The second kappa shape index (κ2) is 4.37. The third-order valence-corrected chi connectivity index (χ3v) is 2.36. The highest BCUT2D eigenvalue weighted by Gasteiger charge is 2.33. The number of thiocarbonyl (C=S) groups is 1. The molecule has 2 heterocycles. The van der Waals surface area contributed by atoms with Gasteiger partial charge in [0, 0.05) is 12.4 Å². The number of aromatic nitrogens is 3. The standard InChI is InChI=1S/C10H7F3N4S/c11-10(12,13)7-3-4-15-9(16-7)17-5-1-2-6(17)8(14)18/h1-5H,(H2,14,18). The summed E-state index contributed by atoms with van der Waals surface area (Å²) < 4.78 is 38.9. The van der Waals surface area contributed by atoms with Gasteiger partial charge in [-0.05, 0) is 18.2 Å². The molecular formula is C10H7F3N4S. The molecule has 0 saturated heterocycles. The molecule has 0 aromatic carbocycles. The molecule has 18 heavy (non-hydrogen) atoms. The van der Waals surface area contributed by atoms with Crippen LogP contribution in [0.3, 0.4) is 0 Å². The van der Waals surface area contributed by atoms with Crippen LogP contribution in [-0.4, -0.2) is 19.5 Å². The van der Waals surface area contributed by atoms with Crippen molar-refractivity contribution in [3.05, 3.63) is 42.0 Å².